The Labute approximate surface area is 87.3 Å². The van der Waals surface area contributed by atoms with Crippen molar-refractivity contribution in [1.29, 1.82) is 0 Å². The zero-order valence-corrected chi connectivity index (χ0v) is 9.72. The van der Waals surface area contributed by atoms with E-state index < -0.39 is 0 Å². The van der Waals surface area contributed by atoms with Crippen LogP contribution in [0.15, 0.2) is 12.1 Å². The molecule has 0 saturated carbocycles. The van der Waals surface area contributed by atoms with E-state index in [9.17, 15) is 0 Å². The molecule has 0 spiro atoms. The summed E-state index contributed by atoms with van der Waals surface area (Å²) in [6, 6.07) is 4.39. The number of nitrogens with two attached hydrogens (primary N) is 2. The van der Waals surface area contributed by atoms with Gasteiger partial charge >= 0.3 is 0 Å². The number of hydrogen-bond acceptors (Lipinski definition) is 2. The fourth-order valence-corrected chi connectivity index (χ4v) is 1.45. The molecule has 0 radical (unpaired) electrons. The Morgan fingerprint density at radius 3 is 2.07 bits per heavy atom. The number of benzene rings is 1. The zero-order chi connectivity index (χ0) is 11.1. The maximum absolute atomic E-state index is 5.92. The smallest absolute Gasteiger partial charge is 0.0376 e. The fourth-order valence-electron chi connectivity index (χ4n) is 1.45. The van der Waals surface area contributed by atoms with Crippen LogP contribution in [0, 0.1) is 6.92 Å². The molecule has 80 valence electrons. The highest BCUT2D eigenvalue weighted by molar-refractivity contribution is 5.55. The van der Waals surface area contributed by atoms with Gasteiger partial charge in [-0.1, -0.05) is 26.0 Å². The second-order valence-corrected chi connectivity index (χ2v) is 3.19. The molecule has 2 nitrogen and oxygen atoms in total. The van der Waals surface area contributed by atoms with Crippen LogP contribution >= 0.6 is 0 Å². The van der Waals surface area contributed by atoms with Gasteiger partial charge in [0.1, 0.15) is 0 Å². The van der Waals surface area contributed by atoms with Gasteiger partial charge in [0.2, 0.25) is 0 Å². The van der Waals surface area contributed by atoms with Crippen molar-refractivity contribution in [3.63, 3.8) is 0 Å². The first kappa shape index (κ1) is 13.0. The Morgan fingerprint density at radius 2 is 1.64 bits per heavy atom. The van der Waals surface area contributed by atoms with Crippen molar-refractivity contribution < 1.29 is 0 Å². The molecule has 0 aliphatic heterocycles. The summed E-state index contributed by atoms with van der Waals surface area (Å²) in [6.45, 7) is 6.39. The Bertz CT molecular complexity index is 280. The largest absolute Gasteiger partial charge is 0.398 e. The van der Waals surface area contributed by atoms with Gasteiger partial charge in [-0.25, -0.2) is 0 Å². The highest BCUT2D eigenvalue weighted by Crippen LogP contribution is 2.20. The summed E-state index contributed by atoms with van der Waals surface area (Å²) in [6.07, 6.45) is 2.12. The molecule has 0 aliphatic rings. The molecule has 0 heterocycles. The Balaban J connectivity index is 0.000000791. The quantitative estimate of drug-likeness (QED) is 0.710. The maximum Gasteiger partial charge on any atom is 0.0376 e. The lowest BCUT2D eigenvalue weighted by atomic mass is 10.0. The third kappa shape index (κ3) is 3.04. The summed E-state index contributed by atoms with van der Waals surface area (Å²) in [5.41, 5.74) is 15.3. The number of nitrogen functional groups attached to an aromatic ring is 1. The van der Waals surface area contributed by atoms with Gasteiger partial charge in [-0.15, -0.1) is 0 Å². The predicted molar refractivity (Wildman–Crippen MR) is 64.5 cm³/mol. The molecule has 0 amide bonds. The minimum absolute atomic E-state index is 0.967. The van der Waals surface area contributed by atoms with Gasteiger partial charge in [-0.2, -0.15) is 0 Å². The van der Waals surface area contributed by atoms with Crippen LogP contribution in [0.5, 0.6) is 0 Å². The highest BCUT2D eigenvalue weighted by atomic mass is 14.6. The summed E-state index contributed by atoms with van der Waals surface area (Å²) in [5, 5.41) is 0. The van der Waals surface area contributed by atoms with E-state index in [2.05, 4.69) is 38.6 Å². The van der Waals surface area contributed by atoms with Crippen LogP contribution in [-0.4, -0.2) is 7.05 Å². The Hall–Kier alpha value is -1.02. The molecular formula is C12H22N2. The summed E-state index contributed by atoms with van der Waals surface area (Å²) < 4.78 is 0. The molecule has 0 aromatic heterocycles. The number of rotatable bonds is 2. The Morgan fingerprint density at radius 1 is 1.07 bits per heavy atom. The van der Waals surface area contributed by atoms with Crippen molar-refractivity contribution in [1.82, 2.24) is 0 Å². The molecule has 2 heteroatoms. The fraction of sp³-hybridized carbons (Fsp3) is 0.500. The summed E-state index contributed by atoms with van der Waals surface area (Å²) in [7, 11) is 1.50. The molecule has 4 N–H and O–H groups in total. The maximum atomic E-state index is 5.92. The van der Waals surface area contributed by atoms with Crippen molar-refractivity contribution >= 4 is 5.69 Å². The second-order valence-electron chi connectivity index (χ2n) is 3.19. The third-order valence-electron chi connectivity index (χ3n) is 2.32. The molecule has 0 fully saturated rings. The van der Waals surface area contributed by atoms with Crippen LogP contribution in [0.1, 0.15) is 30.5 Å². The standard InChI is InChI=1S/C11H17N.CH5N/c1-4-9-6-8(3)11(12)10(5-2)7-9;1-2/h6-7H,4-5,12H2,1-3H3;2H2,1H3. The number of hydrogen-bond donors (Lipinski definition) is 2. The monoisotopic (exact) mass is 194 g/mol. The van der Waals surface area contributed by atoms with Crippen molar-refractivity contribution in [2.45, 2.75) is 33.6 Å². The first-order valence-corrected chi connectivity index (χ1v) is 5.14. The van der Waals surface area contributed by atoms with Crippen LogP contribution < -0.4 is 11.5 Å². The number of anilines is 1. The second kappa shape index (κ2) is 6.44. The van der Waals surface area contributed by atoms with Crippen LogP contribution in [0.4, 0.5) is 5.69 Å². The average Bonchev–Trinajstić information content (AvgIpc) is 2.24. The van der Waals surface area contributed by atoms with E-state index in [1.54, 1.807) is 0 Å². The van der Waals surface area contributed by atoms with Crippen LogP contribution in [0.2, 0.25) is 0 Å². The van der Waals surface area contributed by atoms with Crippen LogP contribution in [0.3, 0.4) is 0 Å². The minimum Gasteiger partial charge on any atom is -0.398 e. The summed E-state index contributed by atoms with van der Waals surface area (Å²) in [4.78, 5) is 0. The van der Waals surface area contributed by atoms with Gasteiger partial charge in [0.15, 0.2) is 0 Å². The molecule has 0 aliphatic carbocycles. The van der Waals surface area contributed by atoms with Gasteiger partial charge < -0.3 is 11.5 Å². The first-order valence-electron chi connectivity index (χ1n) is 5.14. The zero-order valence-electron chi connectivity index (χ0n) is 9.72. The van der Waals surface area contributed by atoms with Crippen molar-refractivity contribution in [3.05, 3.63) is 28.8 Å². The molecule has 0 atom stereocenters. The van der Waals surface area contributed by atoms with E-state index in [0.29, 0.717) is 0 Å². The first-order chi connectivity index (χ1) is 6.69. The molecule has 0 saturated heterocycles. The molecule has 0 bridgehead atoms. The van der Waals surface area contributed by atoms with E-state index in [4.69, 9.17) is 5.73 Å². The summed E-state index contributed by atoms with van der Waals surface area (Å²) in [5.74, 6) is 0. The molecule has 1 aromatic carbocycles. The lowest BCUT2D eigenvalue weighted by molar-refractivity contribution is 1.08. The highest BCUT2D eigenvalue weighted by Gasteiger charge is 2.01. The van der Waals surface area contributed by atoms with Crippen molar-refractivity contribution in [2.24, 2.45) is 5.73 Å². The average molecular weight is 194 g/mol. The van der Waals surface area contributed by atoms with Gasteiger partial charge in [0.25, 0.3) is 0 Å². The van der Waals surface area contributed by atoms with E-state index in [1.165, 1.54) is 23.7 Å². The van der Waals surface area contributed by atoms with Gasteiger partial charge in [-0.05, 0) is 43.5 Å². The topological polar surface area (TPSA) is 52.0 Å². The molecule has 1 aromatic rings. The van der Waals surface area contributed by atoms with E-state index in [0.717, 1.165) is 18.5 Å². The molecule has 0 unspecified atom stereocenters. The predicted octanol–water partition coefficient (Wildman–Crippen LogP) is 2.28. The van der Waals surface area contributed by atoms with Gasteiger partial charge in [0.05, 0.1) is 0 Å². The Kier molecular flexibility index (Phi) is 5.97. The summed E-state index contributed by atoms with van der Waals surface area (Å²) >= 11 is 0. The lowest BCUT2D eigenvalue weighted by Gasteiger charge is -2.08. The van der Waals surface area contributed by atoms with Crippen LogP contribution in [-0.2, 0) is 12.8 Å². The van der Waals surface area contributed by atoms with Crippen molar-refractivity contribution in [2.75, 3.05) is 12.8 Å². The van der Waals surface area contributed by atoms with E-state index in [-0.39, 0.29) is 0 Å². The number of aryl methyl sites for hydroxylation is 3. The third-order valence-corrected chi connectivity index (χ3v) is 2.32. The van der Waals surface area contributed by atoms with E-state index >= 15 is 0 Å². The van der Waals surface area contributed by atoms with E-state index in [1.807, 2.05) is 0 Å². The van der Waals surface area contributed by atoms with Gasteiger partial charge in [0, 0.05) is 5.69 Å². The molecule has 1 rings (SSSR count). The minimum atomic E-state index is 0.967. The van der Waals surface area contributed by atoms with Gasteiger partial charge in [-0.3, -0.25) is 0 Å². The SMILES string of the molecule is CCc1cc(C)c(N)c(CC)c1.CN. The molecule has 14 heavy (non-hydrogen) atoms. The molecular weight excluding hydrogens is 172 g/mol. The normalized spacial score (nSPS) is 9.21. The van der Waals surface area contributed by atoms with Crippen molar-refractivity contribution in [3.8, 4) is 0 Å². The van der Waals surface area contributed by atoms with Crippen LogP contribution in [0.25, 0.3) is 0 Å². The lowest BCUT2D eigenvalue weighted by Crippen LogP contribution is -1.98.